The number of carbonyl (C=O) groups is 1. The molecule has 1 aliphatic carbocycles. The molecule has 2 rings (SSSR count). The highest BCUT2D eigenvalue weighted by molar-refractivity contribution is 5.87. The average molecular weight is 265 g/mol. The van der Waals surface area contributed by atoms with Crippen LogP contribution in [0.15, 0.2) is 12.2 Å². The van der Waals surface area contributed by atoms with Crippen molar-refractivity contribution in [1.29, 1.82) is 0 Å². The Hall–Kier alpha value is -0.830. The Labute approximate surface area is 116 Å². The highest BCUT2D eigenvalue weighted by Crippen LogP contribution is 2.43. The highest BCUT2D eigenvalue weighted by Gasteiger charge is 2.33. The predicted octanol–water partition coefficient (Wildman–Crippen LogP) is 2.91. The Balaban J connectivity index is 1.57. The van der Waals surface area contributed by atoms with E-state index in [-0.39, 0.29) is 5.91 Å². The first-order chi connectivity index (χ1) is 9.29. The number of nitrogens with one attached hydrogen (secondary N) is 1. The van der Waals surface area contributed by atoms with Crippen LogP contribution in [0.4, 0.5) is 0 Å². The van der Waals surface area contributed by atoms with E-state index in [2.05, 4.69) is 18.3 Å². The average Bonchev–Trinajstić information content (AvgIpc) is 3.20. The molecule has 19 heavy (non-hydrogen) atoms. The Morgan fingerprint density at radius 2 is 2.16 bits per heavy atom. The molecule has 1 aliphatic heterocycles. The van der Waals surface area contributed by atoms with Crippen LogP contribution >= 0.6 is 0 Å². The number of unbranched alkanes of at least 4 members (excludes halogenated alkanes) is 1. The fourth-order valence-electron chi connectivity index (χ4n) is 2.77. The fraction of sp³-hybridized carbons (Fsp3) is 0.812. The van der Waals surface area contributed by atoms with E-state index in [0.717, 1.165) is 38.5 Å². The second-order valence-corrected chi connectivity index (χ2v) is 5.96. The van der Waals surface area contributed by atoms with Gasteiger partial charge in [0.2, 0.25) is 5.91 Å². The normalized spacial score (nSPS) is 27.6. The molecule has 2 atom stereocenters. The lowest BCUT2D eigenvalue weighted by Gasteiger charge is -2.21. The zero-order valence-electron chi connectivity index (χ0n) is 12.1. The second-order valence-electron chi connectivity index (χ2n) is 5.96. The summed E-state index contributed by atoms with van der Waals surface area (Å²) in [6.07, 6.45) is 11.2. The molecule has 3 heteroatoms. The molecule has 1 N–H and O–H groups in total. The largest absolute Gasteiger partial charge is 0.381 e. The molecule has 2 fully saturated rings. The molecule has 108 valence electrons. The lowest BCUT2D eigenvalue weighted by Crippen LogP contribution is -2.31. The molecular weight excluding hydrogens is 238 g/mol. The third-order valence-electron chi connectivity index (χ3n) is 4.31. The predicted molar refractivity (Wildman–Crippen MR) is 76.8 cm³/mol. The first kappa shape index (κ1) is 14.6. The van der Waals surface area contributed by atoms with Gasteiger partial charge in [-0.15, -0.1) is 0 Å². The molecule has 0 radical (unpaired) electrons. The summed E-state index contributed by atoms with van der Waals surface area (Å²) in [6, 6.07) is 0. The number of allylic oxidation sites excluding steroid dienone is 1. The van der Waals surface area contributed by atoms with Gasteiger partial charge in [-0.05, 0) is 49.5 Å². The third-order valence-corrected chi connectivity index (χ3v) is 4.31. The van der Waals surface area contributed by atoms with Crippen molar-refractivity contribution in [2.45, 2.75) is 45.4 Å². The smallest absolute Gasteiger partial charge is 0.243 e. The summed E-state index contributed by atoms with van der Waals surface area (Å²) in [4.78, 5) is 11.7. The van der Waals surface area contributed by atoms with Crippen molar-refractivity contribution in [3.8, 4) is 0 Å². The van der Waals surface area contributed by atoms with Gasteiger partial charge in [-0.3, -0.25) is 4.79 Å². The van der Waals surface area contributed by atoms with E-state index in [1.165, 1.54) is 25.7 Å². The van der Waals surface area contributed by atoms with Crippen LogP contribution in [0.3, 0.4) is 0 Å². The van der Waals surface area contributed by atoms with Crippen molar-refractivity contribution < 1.29 is 9.53 Å². The minimum absolute atomic E-state index is 0.0765. The van der Waals surface area contributed by atoms with Gasteiger partial charge in [0, 0.05) is 19.8 Å². The molecule has 1 saturated heterocycles. The van der Waals surface area contributed by atoms with Gasteiger partial charge in [0.1, 0.15) is 0 Å². The van der Waals surface area contributed by atoms with Crippen LogP contribution in [0.1, 0.15) is 45.4 Å². The summed E-state index contributed by atoms with van der Waals surface area (Å²) in [5, 5.41) is 3.01. The monoisotopic (exact) mass is 265 g/mol. The van der Waals surface area contributed by atoms with Crippen molar-refractivity contribution in [3.05, 3.63) is 12.2 Å². The lowest BCUT2D eigenvalue weighted by molar-refractivity contribution is -0.116. The molecule has 3 nitrogen and oxygen atoms in total. The zero-order valence-corrected chi connectivity index (χ0v) is 12.1. The van der Waals surface area contributed by atoms with E-state index < -0.39 is 0 Å². The van der Waals surface area contributed by atoms with Gasteiger partial charge in [0.15, 0.2) is 0 Å². The van der Waals surface area contributed by atoms with Crippen molar-refractivity contribution in [2.75, 3.05) is 19.8 Å². The topological polar surface area (TPSA) is 38.3 Å². The number of carbonyl (C=O) groups excluding carboxylic acids is 1. The number of hydrogen-bond acceptors (Lipinski definition) is 2. The van der Waals surface area contributed by atoms with Crippen molar-refractivity contribution in [3.63, 3.8) is 0 Å². The van der Waals surface area contributed by atoms with Crippen LogP contribution in [0.2, 0.25) is 0 Å². The van der Waals surface area contributed by atoms with E-state index >= 15 is 0 Å². The molecule has 0 aromatic heterocycles. The van der Waals surface area contributed by atoms with Gasteiger partial charge in [-0.25, -0.2) is 0 Å². The Bertz CT molecular complexity index is 308. The Morgan fingerprint density at radius 3 is 2.89 bits per heavy atom. The van der Waals surface area contributed by atoms with Crippen LogP contribution in [-0.4, -0.2) is 25.7 Å². The van der Waals surface area contributed by atoms with E-state index in [9.17, 15) is 4.79 Å². The summed E-state index contributed by atoms with van der Waals surface area (Å²) in [5.74, 6) is 2.19. The molecule has 2 unspecified atom stereocenters. The van der Waals surface area contributed by atoms with Crippen molar-refractivity contribution in [1.82, 2.24) is 5.32 Å². The van der Waals surface area contributed by atoms with Gasteiger partial charge < -0.3 is 10.1 Å². The second kappa shape index (κ2) is 7.68. The Morgan fingerprint density at radius 1 is 1.37 bits per heavy atom. The summed E-state index contributed by atoms with van der Waals surface area (Å²) >= 11 is 0. The van der Waals surface area contributed by atoms with Gasteiger partial charge in [0.25, 0.3) is 0 Å². The van der Waals surface area contributed by atoms with Crippen LogP contribution < -0.4 is 5.32 Å². The summed E-state index contributed by atoms with van der Waals surface area (Å²) < 4.78 is 5.31. The molecular formula is C16H27NO2. The molecule has 1 heterocycles. The fourth-order valence-corrected chi connectivity index (χ4v) is 2.77. The maximum Gasteiger partial charge on any atom is 0.243 e. The van der Waals surface area contributed by atoms with Crippen molar-refractivity contribution in [2.24, 2.45) is 17.8 Å². The van der Waals surface area contributed by atoms with E-state index in [0.29, 0.717) is 11.8 Å². The minimum atomic E-state index is 0.0765. The zero-order chi connectivity index (χ0) is 13.5. The summed E-state index contributed by atoms with van der Waals surface area (Å²) in [7, 11) is 0. The third kappa shape index (κ3) is 5.35. The lowest BCUT2D eigenvalue weighted by atomic mass is 10.0. The van der Waals surface area contributed by atoms with Crippen LogP contribution in [0, 0.1) is 17.8 Å². The highest BCUT2D eigenvalue weighted by atomic mass is 16.5. The SMILES string of the molecule is CCCCC1CC1/C=C/C(=O)NCC1CCOCC1. The molecule has 1 saturated carbocycles. The van der Waals surface area contributed by atoms with Crippen LogP contribution in [0.5, 0.6) is 0 Å². The maximum absolute atomic E-state index is 11.7. The van der Waals surface area contributed by atoms with Gasteiger partial charge in [-0.2, -0.15) is 0 Å². The van der Waals surface area contributed by atoms with Gasteiger partial charge >= 0.3 is 0 Å². The quantitative estimate of drug-likeness (QED) is 0.719. The minimum Gasteiger partial charge on any atom is -0.381 e. The van der Waals surface area contributed by atoms with Gasteiger partial charge in [-0.1, -0.05) is 25.8 Å². The molecule has 2 aliphatic rings. The molecule has 0 aromatic carbocycles. The van der Waals surface area contributed by atoms with E-state index in [1.807, 2.05) is 0 Å². The molecule has 0 aromatic rings. The molecule has 0 spiro atoms. The summed E-state index contributed by atoms with van der Waals surface area (Å²) in [6.45, 7) is 4.72. The molecule has 1 amide bonds. The first-order valence-corrected chi connectivity index (χ1v) is 7.83. The first-order valence-electron chi connectivity index (χ1n) is 7.83. The van der Waals surface area contributed by atoms with Crippen LogP contribution in [0.25, 0.3) is 0 Å². The van der Waals surface area contributed by atoms with Crippen LogP contribution in [-0.2, 0) is 9.53 Å². The number of amides is 1. The van der Waals surface area contributed by atoms with E-state index in [1.54, 1.807) is 6.08 Å². The standard InChI is InChI=1S/C16H27NO2/c1-2-3-4-14-11-15(14)5-6-16(18)17-12-13-7-9-19-10-8-13/h5-6,13-15H,2-4,7-12H2,1H3,(H,17,18)/b6-5+. The van der Waals surface area contributed by atoms with Crippen molar-refractivity contribution >= 4 is 5.91 Å². The Kier molecular flexibility index (Phi) is 5.90. The summed E-state index contributed by atoms with van der Waals surface area (Å²) in [5.41, 5.74) is 0. The van der Waals surface area contributed by atoms with Gasteiger partial charge in [0.05, 0.1) is 0 Å². The molecule has 0 bridgehead atoms. The number of rotatable bonds is 7. The number of hydrogen-bond donors (Lipinski definition) is 1. The number of ether oxygens (including phenoxy) is 1. The van der Waals surface area contributed by atoms with E-state index in [4.69, 9.17) is 4.74 Å². The maximum atomic E-state index is 11.7.